The number of H-pyrrole nitrogens is 4. The molecule has 0 unspecified atom stereocenters. The Kier molecular flexibility index (Phi) is 4.41. The van der Waals surface area contributed by atoms with Crippen molar-refractivity contribution in [2.45, 2.75) is 20.8 Å². The van der Waals surface area contributed by atoms with Crippen LogP contribution in [0.3, 0.4) is 0 Å². The van der Waals surface area contributed by atoms with Crippen molar-refractivity contribution in [2.24, 2.45) is 0 Å². The molecule has 0 saturated heterocycles. The lowest BCUT2D eigenvalue weighted by Crippen LogP contribution is -2.25. The molecule has 0 amide bonds. The van der Waals surface area contributed by atoms with E-state index in [1.807, 2.05) is 0 Å². The van der Waals surface area contributed by atoms with Crippen LogP contribution < -0.4 is 22.5 Å². The molecule has 2 aromatic rings. The summed E-state index contributed by atoms with van der Waals surface area (Å²) >= 11 is 0. The van der Waals surface area contributed by atoms with Gasteiger partial charge in [-0.25, -0.2) is 9.59 Å². The molecule has 0 saturated carbocycles. The summed E-state index contributed by atoms with van der Waals surface area (Å²) in [5, 5.41) is 0. The zero-order chi connectivity index (χ0) is 14.6. The number of aryl methyl sites for hydroxylation is 2. The Morgan fingerprint density at radius 3 is 1.84 bits per heavy atom. The minimum absolute atomic E-state index is 0.318. The molecule has 2 heterocycles. The largest absolute Gasteiger partial charge is 0.325 e. The summed E-state index contributed by atoms with van der Waals surface area (Å²) in [6.07, 6.45) is 1.38. The van der Waals surface area contributed by atoms with E-state index in [-0.39, 0.29) is 11.1 Å². The number of aromatic nitrogens is 4. The van der Waals surface area contributed by atoms with Crippen LogP contribution in [0.5, 0.6) is 0 Å². The fourth-order valence-corrected chi connectivity index (χ4v) is 1.14. The third kappa shape index (κ3) is 3.95. The maximum Gasteiger partial charge on any atom is 0.325 e. The minimum atomic E-state index is -0.467. The first kappa shape index (κ1) is 14.4. The second kappa shape index (κ2) is 5.80. The Hall–Kier alpha value is -2.64. The highest BCUT2D eigenvalue weighted by molar-refractivity contribution is 5.11. The lowest BCUT2D eigenvalue weighted by atomic mass is 10.3. The van der Waals surface area contributed by atoms with Gasteiger partial charge in [0.15, 0.2) is 0 Å². The van der Waals surface area contributed by atoms with Gasteiger partial charge in [0, 0.05) is 23.0 Å². The Balaban J connectivity index is 0.000000191. The molecule has 8 heteroatoms. The maximum atomic E-state index is 10.8. The Labute approximate surface area is 106 Å². The van der Waals surface area contributed by atoms with Crippen LogP contribution in [0.2, 0.25) is 0 Å². The molecule has 0 aliphatic rings. The Bertz CT molecular complexity index is 794. The summed E-state index contributed by atoms with van der Waals surface area (Å²) in [5.41, 5.74) is 0.113. The summed E-state index contributed by atoms with van der Waals surface area (Å²) in [6.45, 7) is 4.96. The zero-order valence-corrected chi connectivity index (χ0v) is 10.7. The molecule has 0 atom stereocenters. The highest BCUT2D eigenvalue weighted by atomic mass is 16.2. The number of rotatable bonds is 0. The summed E-state index contributed by atoms with van der Waals surface area (Å²) in [4.78, 5) is 51.2. The number of aromatic amines is 4. The standard InChI is InChI=1S/C6H8N2O2.C5H6N2O2/c1-3-4(2)7-6(10)8-5(3)9;1-3-2-6-5(9)7-4(3)8/h1-2H3,(H2,7,8,9,10);2H,1H3,(H2,6,7,8,9). The summed E-state index contributed by atoms with van der Waals surface area (Å²) in [7, 11) is 0. The van der Waals surface area contributed by atoms with E-state index >= 15 is 0 Å². The zero-order valence-electron chi connectivity index (χ0n) is 10.7. The van der Waals surface area contributed by atoms with E-state index in [2.05, 4.69) is 19.9 Å². The van der Waals surface area contributed by atoms with Gasteiger partial charge < -0.3 is 9.97 Å². The quantitative estimate of drug-likeness (QED) is 0.489. The molecule has 0 radical (unpaired) electrons. The second-order valence-electron chi connectivity index (χ2n) is 3.91. The van der Waals surface area contributed by atoms with Crippen LogP contribution in [0.25, 0.3) is 0 Å². The van der Waals surface area contributed by atoms with Gasteiger partial charge in [-0.05, 0) is 20.8 Å². The summed E-state index contributed by atoms with van der Waals surface area (Å²) in [6, 6.07) is 0. The topological polar surface area (TPSA) is 131 Å². The van der Waals surface area contributed by atoms with E-state index < -0.39 is 11.4 Å². The van der Waals surface area contributed by atoms with Crippen LogP contribution in [-0.4, -0.2) is 19.9 Å². The van der Waals surface area contributed by atoms with Crippen molar-refractivity contribution >= 4 is 0 Å². The van der Waals surface area contributed by atoms with Gasteiger partial charge in [-0.3, -0.25) is 19.6 Å². The van der Waals surface area contributed by atoms with Gasteiger partial charge in [0.25, 0.3) is 11.1 Å². The van der Waals surface area contributed by atoms with Crippen molar-refractivity contribution in [3.8, 4) is 0 Å². The van der Waals surface area contributed by atoms with Crippen LogP contribution in [0.4, 0.5) is 0 Å². The average molecular weight is 266 g/mol. The molecule has 0 aliphatic carbocycles. The van der Waals surface area contributed by atoms with Gasteiger partial charge in [0.2, 0.25) is 0 Å². The number of hydrogen-bond donors (Lipinski definition) is 4. The Morgan fingerprint density at radius 2 is 1.37 bits per heavy atom. The van der Waals surface area contributed by atoms with Crippen molar-refractivity contribution in [3.05, 3.63) is 64.7 Å². The van der Waals surface area contributed by atoms with Gasteiger partial charge in [-0.1, -0.05) is 0 Å². The van der Waals surface area contributed by atoms with Crippen molar-refractivity contribution < 1.29 is 0 Å². The average Bonchev–Trinajstić information content (AvgIpc) is 2.32. The molecular formula is C11H14N4O4. The maximum absolute atomic E-state index is 10.8. The molecule has 19 heavy (non-hydrogen) atoms. The third-order valence-corrected chi connectivity index (χ3v) is 2.44. The SMILES string of the molecule is Cc1[nH]c(=O)[nH]c(=O)c1C.Cc1c[nH]c(=O)[nH]c1=O. The fourth-order valence-electron chi connectivity index (χ4n) is 1.14. The highest BCUT2D eigenvalue weighted by Gasteiger charge is 1.96. The van der Waals surface area contributed by atoms with Crippen molar-refractivity contribution in [1.29, 1.82) is 0 Å². The molecule has 2 aromatic heterocycles. The molecule has 4 N–H and O–H groups in total. The molecule has 0 aromatic carbocycles. The van der Waals surface area contributed by atoms with Crippen molar-refractivity contribution in [3.63, 3.8) is 0 Å². The van der Waals surface area contributed by atoms with Crippen molar-refractivity contribution in [1.82, 2.24) is 19.9 Å². The number of hydrogen-bond acceptors (Lipinski definition) is 4. The molecule has 0 fully saturated rings. The molecule has 2 rings (SSSR count). The second-order valence-corrected chi connectivity index (χ2v) is 3.91. The van der Waals surface area contributed by atoms with Crippen LogP contribution in [0, 0.1) is 20.8 Å². The van der Waals surface area contributed by atoms with E-state index in [1.165, 1.54) is 6.20 Å². The monoisotopic (exact) mass is 266 g/mol. The van der Waals surface area contributed by atoms with E-state index in [9.17, 15) is 19.2 Å². The third-order valence-electron chi connectivity index (χ3n) is 2.44. The van der Waals surface area contributed by atoms with Crippen LogP contribution in [-0.2, 0) is 0 Å². The predicted molar refractivity (Wildman–Crippen MR) is 69.6 cm³/mol. The molecule has 0 spiro atoms. The first-order chi connectivity index (χ1) is 8.81. The van der Waals surface area contributed by atoms with E-state index in [0.29, 0.717) is 16.8 Å². The van der Waals surface area contributed by atoms with Gasteiger partial charge in [-0.15, -0.1) is 0 Å². The van der Waals surface area contributed by atoms with E-state index in [4.69, 9.17) is 0 Å². The van der Waals surface area contributed by atoms with Gasteiger partial charge in [0.05, 0.1) is 0 Å². The lowest BCUT2D eigenvalue weighted by Gasteiger charge is -1.93. The lowest BCUT2D eigenvalue weighted by molar-refractivity contribution is 0.963. The fraction of sp³-hybridized carbons (Fsp3) is 0.273. The van der Waals surface area contributed by atoms with Gasteiger partial charge in [0.1, 0.15) is 0 Å². The van der Waals surface area contributed by atoms with Gasteiger partial charge in [-0.2, -0.15) is 0 Å². The van der Waals surface area contributed by atoms with Crippen LogP contribution >= 0.6 is 0 Å². The summed E-state index contributed by atoms with van der Waals surface area (Å²) in [5.74, 6) is 0. The minimum Gasteiger partial charge on any atom is -0.314 e. The predicted octanol–water partition coefficient (Wildman–Crippen LogP) is -0.948. The highest BCUT2D eigenvalue weighted by Crippen LogP contribution is 1.88. The van der Waals surface area contributed by atoms with Crippen LogP contribution in [0.15, 0.2) is 25.4 Å². The molecule has 0 bridgehead atoms. The number of nitrogens with one attached hydrogen (secondary N) is 4. The normalized spacial score (nSPS) is 9.63. The van der Waals surface area contributed by atoms with E-state index in [1.54, 1.807) is 20.8 Å². The van der Waals surface area contributed by atoms with Crippen LogP contribution in [0.1, 0.15) is 16.8 Å². The molecule has 0 aliphatic heterocycles. The Morgan fingerprint density at radius 1 is 0.789 bits per heavy atom. The first-order valence-electron chi connectivity index (χ1n) is 5.39. The molecular weight excluding hydrogens is 252 g/mol. The van der Waals surface area contributed by atoms with Gasteiger partial charge >= 0.3 is 11.4 Å². The smallest absolute Gasteiger partial charge is 0.314 e. The molecule has 8 nitrogen and oxygen atoms in total. The van der Waals surface area contributed by atoms with Crippen molar-refractivity contribution in [2.75, 3.05) is 0 Å². The molecule has 102 valence electrons. The summed E-state index contributed by atoms with van der Waals surface area (Å²) < 4.78 is 0. The van der Waals surface area contributed by atoms with E-state index in [0.717, 1.165) is 0 Å². The first-order valence-corrected chi connectivity index (χ1v) is 5.39.